The van der Waals surface area contributed by atoms with Crippen molar-refractivity contribution in [1.29, 1.82) is 0 Å². The van der Waals surface area contributed by atoms with E-state index >= 15 is 4.39 Å². The van der Waals surface area contributed by atoms with Crippen LogP contribution in [0.25, 0.3) is 0 Å². The number of rotatable bonds is 4. The SMILES string of the molecule is O=C(CC1CCC(O)CC1)[C@@H]1CC2(CCCCC2)[C@@]2(C(=O)Nc3cc(Cl)ccc32)[C@H]1c1cccc(Cl)c1F. The van der Waals surface area contributed by atoms with Gasteiger partial charge in [0.15, 0.2) is 0 Å². The Kier molecular flexibility index (Phi) is 6.85. The van der Waals surface area contributed by atoms with Gasteiger partial charge in [-0.05, 0) is 85.6 Å². The second kappa shape index (κ2) is 9.91. The molecule has 3 fully saturated rings. The highest BCUT2D eigenvalue weighted by Crippen LogP contribution is 2.71. The highest BCUT2D eigenvalue weighted by Gasteiger charge is 2.71. The van der Waals surface area contributed by atoms with Crippen LogP contribution >= 0.6 is 23.2 Å². The van der Waals surface area contributed by atoms with Crippen LogP contribution in [0.5, 0.6) is 0 Å². The molecule has 1 heterocycles. The smallest absolute Gasteiger partial charge is 0.236 e. The molecule has 1 amide bonds. The molecule has 2 spiro atoms. The standard InChI is InChI=1S/C31H34Cl2FNO3/c32-19-9-12-23-25(16-19)35-29(38)31(23)27(21-5-4-6-24(33)28(21)34)22(17-30(31)13-2-1-3-14-30)26(37)15-18-7-10-20(36)11-8-18/h4-6,9,12,16,18,20,22,27,36H,1-3,7-8,10-11,13-15,17H2,(H,35,38)/t18?,20?,22-,27-,31+/m0/s1. The Balaban J connectivity index is 1.53. The number of ketones is 1. The van der Waals surface area contributed by atoms with Gasteiger partial charge in [0.05, 0.1) is 16.5 Å². The minimum Gasteiger partial charge on any atom is -0.393 e. The third kappa shape index (κ3) is 3.95. The van der Waals surface area contributed by atoms with Gasteiger partial charge >= 0.3 is 0 Å². The van der Waals surface area contributed by atoms with E-state index in [2.05, 4.69) is 5.32 Å². The molecule has 3 saturated carbocycles. The molecule has 7 heteroatoms. The van der Waals surface area contributed by atoms with Crippen molar-refractivity contribution < 1.29 is 19.1 Å². The number of halogens is 3. The van der Waals surface area contributed by atoms with E-state index in [-0.39, 0.29) is 28.7 Å². The molecule has 3 aliphatic carbocycles. The normalized spacial score (nSPS) is 31.9. The van der Waals surface area contributed by atoms with Crippen molar-refractivity contribution in [2.75, 3.05) is 5.32 Å². The van der Waals surface area contributed by atoms with Crippen molar-refractivity contribution >= 4 is 40.6 Å². The van der Waals surface area contributed by atoms with E-state index in [0.717, 1.165) is 50.5 Å². The van der Waals surface area contributed by atoms with Gasteiger partial charge in [-0.2, -0.15) is 0 Å². The minimum atomic E-state index is -1.08. The maximum absolute atomic E-state index is 15.9. The lowest BCUT2D eigenvalue weighted by atomic mass is 9.53. The van der Waals surface area contributed by atoms with Gasteiger partial charge < -0.3 is 10.4 Å². The predicted octanol–water partition coefficient (Wildman–Crippen LogP) is 7.59. The number of nitrogens with one attached hydrogen (secondary N) is 1. The highest BCUT2D eigenvalue weighted by atomic mass is 35.5. The summed E-state index contributed by atoms with van der Waals surface area (Å²) in [5.41, 5.74) is 0.303. The number of Topliss-reactive ketones (excluding diaryl/α,β-unsaturated/α-hetero) is 1. The Hall–Kier alpha value is -1.95. The van der Waals surface area contributed by atoms with Crippen LogP contribution in [0.4, 0.5) is 10.1 Å². The van der Waals surface area contributed by atoms with Crippen molar-refractivity contribution in [1.82, 2.24) is 0 Å². The molecule has 2 aromatic carbocycles. The summed E-state index contributed by atoms with van der Waals surface area (Å²) in [4.78, 5) is 28.6. The summed E-state index contributed by atoms with van der Waals surface area (Å²) in [5, 5.41) is 13.6. The van der Waals surface area contributed by atoms with Crippen LogP contribution in [0.3, 0.4) is 0 Å². The number of fused-ring (bicyclic) bond motifs is 3. The summed E-state index contributed by atoms with van der Waals surface area (Å²) in [6.07, 6.45) is 8.40. The quantitative estimate of drug-likeness (QED) is 0.407. The van der Waals surface area contributed by atoms with Gasteiger partial charge in [0, 0.05) is 29.0 Å². The van der Waals surface area contributed by atoms with Crippen LogP contribution in [0.2, 0.25) is 10.0 Å². The number of aliphatic hydroxyl groups excluding tert-OH is 1. The average Bonchev–Trinajstić information content (AvgIpc) is 3.35. The molecule has 0 radical (unpaired) electrons. The molecule has 3 atom stereocenters. The van der Waals surface area contributed by atoms with Crippen molar-refractivity contribution in [2.45, 2.75) is 88.1 Å². The van der Waals surface area contributed by atoms with Crippen LogP contribution < -0.4 is 5.32 Å². The highest BCUT2D eigenvalue weighted by molar-refractivity contribution is 6.31. The molecule has 2 aromatic rings. The zero-order valence-electron chi connectivity index (χ0n) is 21.4. The third-order valence-electron chi connectivity index (χ3n) is 10.2. The summed E-state index contributed by atoms with van der Waals surface area (Å²) >= 11 is 12.7. The lowest BCUT2D eigenvalue weighted by Crippen LogP contribution is -2.51. The van der Waals surface area contributed by atoms with Crippen LogP contribution in [-0.2, 0) is 15.0 Å². The van der Waals surface area contributed by atoms with Crippen LogP contribution in [0, 0.1) is 23.1 Å². The van der Waals surface area contributed by atoms with E-state index in [1.807, 2.05) is 6.07 Å². The first-order chi connectivity index (χ1) is 18.3. The summed E-state index contributed by atoms with van der Waals surface area (Å²) < 4.78 is 15.9. The number of carbonyl (C=O) groups excluding carboxylic acids is 2. The molecule has 38 heavy (non-hydrogen) atoms. The molecule has 4 nitrogen and oxygen atoms in total. The second-order valence-corrected chi connectivity index (χ2v) is 12.9. The van der Waals surface area contributed by atoms with Crippen molar-refractivity contribution in [3.05, 3.63) is 63.4 Å². The van der Waals surface area contributed by atoms with Crippen LogP contribution in [0.15, 0.2) is 36.4 Å². The zero-order chi connectivity index (χ0) is 26.7. The topological polar surface area (TPSA) is 66.4 Å². The van der Waals surface area contributed by atoms with Gasteiger partial charge in [-0.3, -0.25) is 9.59 Å². The average molecular weight is 559 g/mol. The first kappa shape index (κ1) is 26.3. The third-order valence-corrected chi connectivity index (χ3v) is 10.7. The number of anilines is 1. The Labute approximate surface area is 233 Å². The zero-order valence-corrected chi connectivity index (χ0v) is 23.0. The Bertz CT molecular complexity index is 1270. The largest absolute Gasteiger partial charge is 0.393 e. The monoisotopic (exact) mass is 557 g/mol. The molecule has 0 unspecified atom stereocenters. The maximum atomic E-state index is 15.9. The molecule has 1 aliphatic heterocycles. The van der Waals surface area contributed by atoms with Crippen LogP contribution in [-0.4, -0.2) is 22.9 Å². The van der Waals surface area contributed by atoms with Gasteiger partial charge in [-0.1, -0.05) is 60.7 Å². The van der Waals surface area contributed by atoms with E-state index in [0.29, 0.717) is 42.0 Å². The first-order valence-corrected chi connectivity index (χ1v) is 14.8. The molecule has 4 aliphatic rings. The molecule has 202 valence electrons. The molecular weight excluding hydrogens is 524 g/mol. The summed E-state index contributed by atoms with van der Waals surface area (Å²) in [7, 11) is 0. The fourth-order valence-electron chi connectivity index (χ4n) is 8.60. The number of hydrogen-bond acceptors (Lipinski definition) is 3. The van der Waals surface area contributed by atoms with Gasteiger partial charge in [0.2, 0.25) is 5.91 Å². The van der Waals surface area contributed by atoms with E-state index in [1.54, 1.807) is 24.3 Å². The first-order valence-electron chi connectivity index (χ1n) is 14.0. The van der Waals surface area contributed by atoms with Gasteiger partial charge in [-0.25, -0.2) is 4.39 Å². The van der Waals surface area contributed by atoms with Crippen LogP contribution in [0.1, 0.15) is 87.7 Å². The summed E-state index contributed by atoms with van der Waals surface area (Å²) in [6.45, 7) is 0. The molecule has 6 rings (SSSR count). The van der Waals surface area contributed by atoms with Crippen molar-refractivity contribution in [3.63, 3.8) is 0 Å². The van der Waals surface area contributed by atoms with E-state index in [4.69, 9.17) is 23.2 Å². The van der Waals surface area contributed by atoms with E-state index in [1.165, 1.54) is 6.07 Å². The number of amides is 1. The molecular formula is C31H34Cl2FNO3. The number of carbonyl (C=O) groups is 2. The fraction of sp³-hybridized carbons (Fsp3) is 0.548. The van der Waals surface area contributed by atoms with Gasteiger partial charge in [0.1, 0.15) is 11.6 Å². The van der Waals surface area contributed by atoms with Crippen molar-refractivity contribution in [3.8, 4) is 0 Å². The molecule has 0 saturated heterocycles. The second-order valence-electron chi connectivity index (χ2n) is 12.1. The lowest BCUT2D eigenvalue weighted by molar-refractivity contribution is -0.126. The van der Waals surface area contributed by atoms with E-state index in [9.17, 15) is 14.7 Å². The number of hydrogen-bond donors (Lipinski definition) is 2. The van der Waals surface area contributed by atoms with E-state index < -0.39 is 28.5 Å². The maximum Gasteiger partial charge on any atom is 0.236 e. The lowest BCUT2D eigenvalue weighted by Gasteiger charge is -2.47. The number of aliphatic hydroxyl groups is 1. The Morgan fingerprint density at radius 2 is 1.79 bits per heavy atom. The molecule has 0 aromatic heterocycles. The Morgan fingerprint density at radius 1 is 1.05 bits per heavy atom. The number of benzene rings is 2. The fourth-order valence-corrected chi connectivity index (χ4v) is 8.95. The summed E-state index contributed by atoms with van der Waals surface area (Å²) in [5.74, 6) is -1.55. The summed E-state index contributed by atoms with van der Waals surface area (Å²) in [6, 6.07) is 10.4. The van der Waals surface area contributed by atoms with Gasteiger partial charge in [-0.15, -0.1) is 0 Å². The van der Waals surface area contributed by atoms with Gasteiger partial charge in [0.25, 0.3) is 0 Å². The predicted molar refractivity (Wildman–Crippen MR) is 147 cm³/mol. The minimum absolute atomic E-state index is 0.00412. The Morgan fingerprint density at radius 3 is 2.53 bits per heavy atom. The van der Waals surface area contributed by atoms with Crippen molar-refractivity contribution in [2.24, 2.45) is 17.3 Å². The molecule has 2 N–H and O–H groups in total. The molecule has 0 bridgehead atoms.